The molecule has 1 aromatic carbocycles. The Bertz CT molecular complexity index is 637. The topological polar surface area (TPSA) is 58.7 Å². The second-order valence-electron chi connectivity index (χ2n) is 5.13. The molecule has 0 saturated heterocycles. The largest absolute Gasteiger partial charge is 0.416 e. The van der Waals surface area contributed by atoms with Gasteiger partial charge < -0.3 is 10.6 Å². The molecule has 1 aliphatic carbocycles. The third-order valence-electron chi connectivity index (χ3n) is 3.51. The Balaban J connectivity index is 2.04. The van der Waals surface area contributed by atoms with E-state index in [2.05, 4.69) is 4.99 Å². The van der Waals surface area contributed by atoms with Crippen molar-refractivity contribution >= 4 is 11.9 Å². The number of benzene rings is 1. The van der Waals surface area contributed by atoms with Crippen LogP contribution in [0.15, 0.2) is 23.2 Å². The minimum atomic E-state index is -4.67. The lowest BCUT2D eigenvalue weighted by atomic mass is 10.0. The van der Waals surface area contributed by atoms with Crippen LogP contribution in [-0.4, -0.2) is 22.8 Å². The Morgan fingerprint density at radius 1 is 1.24 bits per heavy atom. The number of hydrogen-bond acceptors (Lipinski definition) is 2. The predicted octanol–water partition coefficient (Wildman–Crippen LogP) is 2.84. The van der Waals surface area contributed by atoms with Gasteiger partial charge in [0.1, 0.15) is 17.7 Å². The zero-order valence-corrected chi connectivity index (χ0v) is 10.7. The summed E-state index contributed by atoms with van der Waals surface area (Å²) in [6, 6.07) is 0.569. The van der Waals surface area contributed by atoms with E-state index in [1.165, 1.54) is 4.90 Å². The van der Waals surface area contributed by atoms with Crippen molar-refractivity contribution in [3.8, 4) is 0 Å². The third kappa shape index (κ3) is 2.45. The van der Waals surface area contributed by atoms with Crippen LogP contribution in [0.5, 0.6) is 0 Å². The number of halogens is 4. The van der Waals surface area contributed by atoms with Crippen LogP contribution in [0.3, 0.4) is 0 Å². The van der Waals surface area contributed by atoms with E-state index in [-0.39, 0.29) is 17.4 Å². The van der Waals surface area contributed by atoms with Gasteiger partial charge >= 0.3 is 12.2 Å². The summed E-state index contributed by atoms with van der Waals surface area (Å²) < 4.78 is 51.8. The summed E-state index contributed by atoms with van der Waals surface area (Å²) in [6.45, 7) is 0. The van der Waals surface area contributed by atoms with Crippen molar-refractivity contribution in [1.82, 2.24) is 4.90 Å². The number of nitrogens with zero attached hydrogens (tertiary/aromatic N) is 2. The molecule has 21 heavy (non-hydrogen) atoms. The number of urea groups is 1. The zero-order chi connectivity index (χ0) is 15.4. The van der Waals surface area contributed by atoms with Crippen LogP contribution in [-0.2, 0) is 6.18 Å². The first kappa shape index (κ1) is 13.8. The summed E-state index contributed by atoms with van der Waals surface area (Å²) in [5, 5.41) is 0. The summed E-state index contributed by atoms with van der Waals surface area (Å²) in [5.74, 6) is -1.13. The second-order valence-corrected chi connectivity index (χ2v) is 5.13. The SMILES string of the molecule is NC1=NC(=O)N(C2CC2)C1c1cc(F)cc(C(F)(F)F)c1. The normalized spacial score (nSPS) is 22.7. The Kier molecular flexibility index (Phi) is 2.93. The van der Waals surface area contributed by atoms with E-state index >= 15 is 0 Å². The van der Waals surface area contributed by atoms with Gasteiger partial charge in [0.25, 0.3) is 0 Å². The molecule has 0 bridgehead atoms. The molecule has 3 rings (SSSR count). The molecular weight excluding hydrogens is 290 g/mol. The average Bonchev–Trinajstić information content (AvgIpc) is 3.13. The maximum absolute atomic E-state index is 13.5. The monoisotopic (exact) mass is 301 g/mol. The number of alkyl halides is 3. The van der Waals surface area contributed by atoms with Crippen molar-refractivity contribution in [3.63, 3.8) is 0 Å². The highest BCUT2D eigenvalue weighted by Gasteiger charge is 2.44. The van der Waals surface area contributed by atoms with Crippen molar-refractivity contribution in [2.45, 2.75) is 31.1 Å². The fourth-order valence-electron chi connectivity index (χ4n) is 2.47. The average molecular weight is 301 g/mol. The minimum absolute atomic E-state index is 0.0127. The molecule has 1 atom stereocenters. The highest BCUT2D eigenvalue weighted by molar-refractivity contribution is 6.03. The number of carbonyl (C=O) groups is 1. The first-order chi connectivity index (χ1) is 9.77. The molecule has 4 nitrogen and oxygen atoms in total. The molecule has 2 N–H and O–H groups in total. The van der Waals surface area contributed by atoms with E-state index < -0.39 is 29.6 Å². The van der Waals surface area contributed by atoms with Crippen LogP contribution in [0.2, 0.25) is 0 Å². The van der Waals surface area contributed by atoms with Gasteiger partial charge in [-0.1, -0.05) is 0 Å². The Morgan fingerprint density at radius 3 is 2.48 bits per heavy atom. The van der Waals surface area contributed by atoms with Crippen LogP contribution < -0.4 is 5.73 Å². The summed E-state index contributed by atoms with van der Waals surface area (Å²) in [7, 11) is 0. The van der Waals surface area contributed by atoms with Gasteiger partial charge in [-0.3, -0.25) is 0 Å². The Morgan fingerprint density at radius 2 is 1.90 bits per heavy atom. The van der Waals surface area contributed by atoms with E-state index in [1.807, 2.05) is 0 Å². The van der Waals surface area contributed by atoms with E-state index in [1.54, 1.807) is 0 Å². The lowest BCUT2D eigenvalue weighted by Crippen LogP contribution is -2.35. The van der Waals surface area contributed by atoms with Gasteiger partial charge in [0.2, 0.25) is 0 Å². The van der Waals surface area contributed by atoms with E-state index in [4.69, 9.17) is 5.73 Å². The quantitative estimate of drug-likeness (QED) is 0.854. The molecule has 1 aromatic rings. The van der Waals surface area contributed by atoms with Gasteiger partial charge in [-0.05, 0) is 36.6 Å². The lowest BCUT2D eigenvalue weighted by Gasteiger charge is -2.25. The van der Waals surface area contributed by atoms with Crippen LogP contribution >= 0.6 is 0 Å². The number of hydrogen-bond donors (Lipinski definition) is 1. The molecule has 1 aliphatic heterocycles. The van der Waals surface area contributed by atoms with Gasteiger partial charge in [-0.25, -0.2) is 9.18 Å². The number of carbonyl (C=O) groups excluding carboxylic acids is 1. The molecule has 2 aliphatic rings. The standard InChI is InChI=1S/C13H11F4N3O/c14-8-4-6(3-7(5-8)13(15,16)17)10-11(18)19-12(21)20(10)9-1-2-9/h3-5,9-10H,1-2H2,(H2,18,19,21). The molecule has 1 fully saturated rings. The smallest absolute Gasteiger partial charge is 0.385 e. The molecule has 0 spiro atoms. The van der Waals surface area contributed by atoms with Crippen LogP contribution in [0.4, 0.5) is 22.4 Å². The third-order valence-corrected chi connectivity index (χ3v) is 3.51. The summed E-state index contributed by atoms with van der Waals surface area (Å²) in [5.41, 5.74) is 4.53. The van der Waals surface area contributed by atoms with Crippen LogP contribution in [0.25, 0.3) is 0 Å². The van der Waals surface area contributed by atoms with Crippen molar-refractivity contribution in [2.75, 3.05) is 0 Å². The first-order valence-corrected chi connectivity index (χ1v) is 6.31. The molecular formula is C13H11F4N3O. The lowest BCUT2D eigenvalue weighted by molar-refractivity contribution is -0.137. The maximum Gasteiger partial charge on any atom is 0.416 e. The van der Waals surface area contributed by atoms with Gasteiger partial charge in [-0.2, -0.15) is 18.2 Å². The molecule has 1 saturated carbocycles. The number of rotatable bonds is 2. The van der Waals surface area contributed by atoms with Gasteiger partial charge in [0, 0.05) is 6.04 Å². The summed E-state index contributed by atoms with van der Waals surface area (Å²) >= 11 is 0. The Labute approximate surface area is 117 Å². The fraction of sp³-hybridized carbons (Fsp3) is 0.385. The highest BCUT2D eigenvalue weighted by Crippen LogP contribution is 2.40. The van der Waals surface area contributed by atoms with Gasteiger partial charge in [0.05, 0.1) is 5.56 Å². The number of aliphatic imine (C=N–C) groups is 1. The minimum Gasteiger partial charge on any atom is -0.385 e. The molecule has 112 valence electrons. The summed E-state index contributed by atoms with van der Waals surface area (Å²) in [6.07, 6.45) is -3.19. The van der Waals surface area contributed by atoms with Crippen molar-refractivity contribution < 1.29 is 22.4 Å². The number of amides is 2. The van der Waals surface area contributed by atoms with E-state index in [0.717, 1.165) is 25.0 Å². The molecule has 2 amide bonds. The first-order valence-electron chi connectivity index (χ1n) is 6.31. The highest BCUT2D eigenvalue weighted by atomic mass is 19.4. The van der Waals surface area contributed by atoms with Crippen LogP contribution in [0.1, 0.15) is 30.0 Å². The number of amidine groups is 1. The van der Waals surface area contributed by atoms with Gasteiger partial charge in [0.15, 0.2) is 0 Å². The Hall–Kier alpha value is -2.12. The molecule has 8 heteroatoms. The van der Waals surface area contributed by atoms with Crippen molar-refractivity contribution in [1.29, 1.82) is 0 Å². The maximum atomic E-state index is 13.5. The predicted molar refractivity (Wildman–Crippen MR) is 66.0 cm³/mol. The fourth-order valence-corrected chi connectivity index (χ4v) is 2.47. The van der Waals surface area contributed by atoms with E-state index in [0.29, 0.717) is 6.07 Å². The van der Waals surface area contributed by atoms with Crippen molar-refractivity contribution in [3.05, 3.63) is 35.1 Å². The molecule has 0 aromatic heterocycles. The zero-order valence-electron chi connectivity index (χ0n) is 10.7. The molecule has 1 heterocycles. The second kappa shape index (κ2) is 4.44. The van der Waals surface area contributed by atoms with Crippen LogP contribution in [0, 0.1) is 5.82 Å². The van der Waals surface area contributed by atoms with E-state index in [9.17, 15) is 22.4 Å². The molecule has 1 unspecified atom stereocenters. The summed E-state index contributed by atoms with van der Waals surface area (Å²) in [4.78, 5) is 16.7. The van der Waals surface area contributed by atoms with Gasteiger partial charge in [-0.15, -0.1) is 0 Å². The number of nitrogens with two attached hydrogens (primary N) is 1. The van der Waals surface area contributed by atoms with Crippen molar-refractivity contribution in [2.24, 2.45) is 10.7 Å². The molecule has 0 radical (unpaired) electrons.